The number of amidine groups is 1. The molecule has 4 heteroatoms. The molecule has 118 valence electrons. The van der Waals surface area contributed by atoms with Crippen LogP contribution in [0.1, 0.15) is 5.56 Å². The van der Waals surface area contributed by atoms with Gasteiger partial charge in [-0.25, -0.2) is 4.99 Å². The maximum Gasteiger partial charge on any atom is 0.140 e. The number of benzene rings is 3. The minimum absolute atomic E-state index is 0.813. The summed E-state index contributed by atoms with van der Waals surface area (Å²) in [4.78, 5) is 4.83. The highest BCUT2D eigenvalue weighted by Gasteiger charge is 2.15. The molecule has 0 saturated heterocycles. The van der Waals surface area contributed by atoms with Gasteiger partial charge in [-0.1, -0.05) is 24.3 Å². The fourth-order valence-electron chi connectivity index (χ4n) is 2.71. The maximum atomic E-state index is 5.21. The Balaban J connectivity index is 1.78. The minimum Gasteiger partial charge on any atom is -0.497 e. The van der Waals surface area contributed by atoms with Crippen molar-refractivity contribution in [2.45, 2.75) is 0 Å². The molecule has 0 aliphatic carbocycles. The van der Waals surface area contributed by atoms with Crippen LogP contribution in [0.3, 0.4) is 0 Å². The first-order chi connectivity index (χ1) is 11.8. The van der Waals surface area contributed by atoms with Gasteiger partial charge in [0.15, 0.2) is 0 Å². The van der Waals surface area contributed by atoms with Crippen molar-refractivity contribution in [1.29, 1.82) is 0 Å². The summed E-state index contributed by atoms with van der Waals surface area (Å²) in [6, 6.07) is 24.0. The van der Waals surface area contributed by atoms with Crippen LogP contribution in [-0.4, -0.2) is 12.9 Å². The number of hydrogen-bond acceptors (Lipinski definition) is 4. The van der Waals surface area contributed by atoms with Crippen molar-refractivity contribution in [1.82, 2.24) is 0 Å². The molecule has 4 nitrogen and oxygen atoms in total. The average molecular weight is 315 g/mol. The highest BCUT2D eigenvalue weighted by molar-refractivity contribution is 6.14. The van der Waals surface area contributed by atoms with Crippen LogP contribution >= 0.6 is 0 Å². The zero-order chi connectivity index (χ0) is 16.4. The van der Waals surface area contributed by atoms with E-state index in [1.807, 2.05) is 60.7 Å². The van der Waals surface area contributed by atoms with Gasteiger partial charge in [0.2, 0.25) is 0 Å². The molecule has 24 heavy (non-hydrogen) atoms. The molecule has 0 fully saturated rings. The van der Waals surface area contributed by atoms with E-state index in [1.54, 1.807) is 7.11 Å². The summed E-state index contributed by atoms with van der Waals surface area (Å²) in [6.07, 6.45) is 0. The first-order valence-corrected chi connectivity index (χ1v) is 7.79. The predicted octanol–water partition coefficient (Wildman–Crippen LogP) is 4.94. The van der Waals surface area contributed by atoms with Crippen LogP contribution in [0.25, 0.3) is 0 Å². The van der Waals surface area contributed by atoms with Gasteiger partial charge in [-0.15, -0.1) is 0 Å². The fraction of sp³-hybridized carbons (Fsp3) is 0.0500. The summed E-state index contributed by atoms with van der Waals surface area (Å²) in [5.41, 5.74) is 4.93. The molecule has 0 radical (unpaired) electrons. The molecule has 1 aliphatic rings. The number of fused-ring (bicyclic) bond motifs is 2. The van der Waals surface area contributed by atoms with Crippen molar-refractivity contribution < 1.29 is 4.74 Å². The van der Waals surface area contributed by atoms with E-state index in [0.29, 0.717) is 0 Å². The summed E-state index contributed by atoms with van der Waals surface area (Å²) in [7, 11) is 1.66. The number of nitrogens with one attached hydrogen (secondary N) is 2. The molecule has 1 aliphatic heterocycles. The molecule has 3 aromatic rings. The number of para-hydroxylation sites is 3. The third kappa shape index (κ3) is 2.70. The Bertz CT molecular complexity index is 901. The van der Waals surface area contributed by atoms with Crippen LogP contribution in [0.5, 0.6) is 5.75 Å². The average Bonchev–Trinajstić information content (AvgIpc) is 2.79. The number of methoxy groups -OCH3 is 1. The molecule has 0 saturated carbocycles. The minimum atomic E-state index is 0.813. The molecule has 0 unspecified atom stereocenters. The van der Waals surface area contributed by atoms with Crippen LogP contribution in [0, 0.1) is 0 Å². The van der Waals surface area contributed by atoms with E-state index in [4.69, 9.17) is 9.73 Å². The summed E-state index contributed by atoms with van der Waals surface area (Å²) in [5, 5.41) is 6.89. The van der Waals surface area contributed by atoms with E-state index < -0.39 is 0 Å². The fourth-order valence-corrected chi connectivity index (χ4v) is 2.71. The second kappa shape index (κ2) is 6.08. The largest absolute Gasteiger partial charge is 0.497 e. The van der Waals surface area contributed by atoms with Crippen LogP contribution in [0.2, 0.25) is 0 Å². The zero-order valence-electron chi connectivity index (χ0n) is 13.3. The van der Waals surface area contributed by atoms with E-state index in [-0.39, 0.29) is 0 Å². The Morgan fingerprint density at radius 1 is 0.833 bits per heavy atom. The Morgan fingerprint density at radius 2 is 1.54 bits per heavy atom. The smallest absolute Gasteiger partial charge is 0.140 e. The molecule has 0 aromatic heterocycles. The quantitative estimate of drug-likeness (QED) is 0.704. The summed E-state index contributed by atoms with van der Waals surface area (Å²) in [5.74, 6) is 1.64. The van der Waals surface area contributed by atoms with Crippen molar-refractivity contribution >= 4 is 28.6 Å². The molecule has 1 heterocycles. The standard InChI is InChI=1S/C20H17N3O/c1-24-15-12-10-14(11-13-15)21-20-16-6-2-3-7-17(16)22-18-8-4-5-9-19(18)23-20/h2-13,22H,1H3,(H,21,23). The molecule has 3 aromatic carbocycles. The predicted molar refractivity (Wildman–Crippen MR) is 99.0 cm³/mol. The second-order valence-electron chi connectivity index (χ2n) is 5.50. The third-order valence-electron chi connectivity index (χ3n) is 3.94. The van der Waals surface area contributed by atoms with E-state index >= 15 is 0 Å². The number of nitrogens with zero attached hydrogens (tertiary/aromatic N) is 1. The lowest BCUT2D eigenvalue weighted by Crippen LogP contribution is -2.13. The van der Waals surface area contributed by atoms with E-state index in [1.165, 1.54) is 0 Å². The molecular weight excluding hydrogens is 298 g/mol. The van der Waals surface area contributed by atoms with Crippen LogP contribution in [0.4, 0.5) is 22.7 Å². The molecule has 2 N–H and O–H groups in total. The summed E-state index contributed by atoms with van der Waals surface area (Å²) in [6.45, 7) is 0. The van der Waals surface area contributed by atoms with E-state index in [9.17, 15) is 0 Å². The van der Waals surface area contributed by atoms with Crippen LogP contribution in [-0.2, 0) is 0 Å². The number of rotatable bonds is 2. The van der Waals surface area contributed by atoms with Gasteiger partial charge in [0.05, 0.1) is 18.5 Å². The normalized spacial score (nSPS) is 12.1. The first-order valence-electron chi connectivity index (χ1n) is 7.79. The first kappa shape index (κ1) is 14.3. The van der Waals surface area contributed by atoms with Gasteiger partial charge in [0.25, 0.3) is 0 Å². The molecule has 0 atom stereocenters. The van der Waals surface area contributed by atoms with Gasteiger partial charge in [-0.2, -0.15) is 0 Å². The topological polar surface area (TPSA) is 45.6 Å². The van der Waals surface area contributed by atoms with Crippen molar-refractivity contribution in [3.8, 4) is 5.75 Å². The van der Waals surface area contributed by atoms with Crippen LogP contribution in [0.15, 0.2) is 77.8 Å². The maximum absolute atomic E-state index is 5.21. The number of anilines is 3. The van der Waals surface area contributed by atoms with Crippen molar-refractivity contribution in [2.75, 3.05) is 17.7 Å². The Labute approximate surface area is 140 Å². The van der Waals surface area contributed by atoms with Crippen molar-refractivity contribution in [3.05, 3.63) is 78.4 Å². The third-order valence-corrected chi connectivity index (χ3v) is 3.94. The van der Waals surface area contributed by atoms with Gasteiger partial charge in [-0.05, 0) is 48.5 Å². The van der Waals surface area contributed by atoms with Gasteiger partial charge >= 0.3 is 0 Å². The van der Waals surface area contributed by atoms with E-state index in [0.717, 1.165) is 39.9 Å². The molecule has 0 amide bonds. The van der Waals surface area contributed by atoms with Crippen molar-refractivity contribution in [2.24, 2.45) is 4.99 Å². The summed E-state index contributed by atoms with van der Waals surface area (Å²) < 4.78 is 5.21. The summed E-state index contributed by atoms with van der Waals surface area (Å²) >= 11 is 0. The zero-order valence-corrected chi connectivity index (χ0v) is 13.3. The number of ether oxygens (including phenoxy) is 1. The second-order valence-corrected chi connectivity index (χ2v) is 5.50. The highest BCUT2D eigenvalue weighted by Crippen LogP contribution is 2.34. The monoisotopic (exact) mass is 315 g/mol. The number of aliphatic imine (C=N–C) groups is 1. The lowest BCUT2D eigenvalue weighted by molar-refractivity contribution is 0.415. The lowest BCUT2D eigenvalue weighted by Gasteiger charge is -2.12. The highest BCUT2D eigenvalue weighted by atomic mass is 16.5. The molecule has 4 rings (SSSR count). The van der Waals surface area contributed by atoms with Gasteiger partial charge in [0.1, 0.15) is 11.6 Å². The Kier molecular flexibility index (Phi) is 3.63. The molecule has 0 bridgehead atoms. The van der Waals surface area contributed by atoms with Crippen molar-refractivity contribution in [3.63, 3.8) is 0 Å². The van der Waals surface area contributed by atoms with Crippen LogP contribution < -0.4 is 15.4 Å². The van der Waals surface area contributed by atoms with Gasteiger partial charge in [0, 0.05) is 16.9 Å². The molecular formula is C20H17N3O. The Morgan fingerprint density at radius 3 is 2.33 bits per heavy atom. The lowest BCUT2D eigenvalue weighted by atomic mass is 10.1. The van der Waals surface area contributed by atoms with E-state index in [2.05, 4.69) is 22.8 Å². The van der Waals surface area contributed by atoms with Gasteiger partial charge in [-0.3, -0.25) is 0 Å². The molecule has 0 spiro atoms. The van der Waals surface area contributed by atoms with Gasteiger partial charge < -0.3 is 15.4 Å². The Hall–Kier alpha value is -3.27. The number of hydrogen-bond donors (Lipinski definition) is 2. The SMILES string of the molecule is COc1ccc(NC2=Nc3ccccc3Nc3ccccc32)cc1.